The Kier molecular flexibility index (Phi) is 11.0. The topological polar surface area (TPSA) is 125 Å². The van der Waals surface area contributed by atoms with Crippen molar-refractivity contribution < 1.29 is 24.2 Å². The van der Waals surface area contributed by atoms with Gasteiger partial charge in [0, 0.05) is 41.5 Å². The predicted octanol–water partition coefficient (Wildman–Crippen LogP) is 5.34. The molecule has 0 radical (unpaired) electrons. The molecule has 1 aliphatic rings. The van der Waals surface area contributed by atoms with Crippen molar-refractivity contribution in [2.45, 2.75) is 37.6 Å². The number of aliphatic hydroxyl groups is 1. The molecule has 3 amide bonds. The fourth-order valence-corrected chi connectivity index (χ4v) is 5.93. The van der Waals surface area contributed by atoms with Crippen molar-refractivity contribution in [2.24, 2.45) is 5.73 Å². The number of hydrogen-bond donors (Lipinski definition) is 3. The van der Waals surface area contributed by atoms with Crippen LogP contribution in [0.15, 0.2) is 60.7 Å². The van der Waals surface area contributed by atoms with E-state index in [2.05, 4.69) is 10.2 Å². The number of ether oxygens (including phenoxy) is 1. The third kappa shape index (κ3) is 7.86. The summed E-state index contributed by atoms with van der Waals surface area (Å²) in [6.45, 7) is 1.36. The molecule has 0 aromatic heterocycles. The van der Waals surface area contributed by atoms with E-state index in [9.17, 15) is 19.5 Å². The van der Waals surface area contributed by atoms with Crippen LogP contribution in [0.3, 0.4) is 0 Å². The molecule has 4 rings (SSSR count). The summed E-state index contributed by atoms with van der Waals surface area (Å²) in [5.41, 5.74) is 8.22. The first kappa shape index (κ1) is 32.3. The van der Waals surface area contributed by atoms with Gasteiger partial charge in [0.15, 0.2) is 0 Å². The van der Waals surface area contributed by atoms with Crippen LogP contribution < -0.4 is 20.7 Å². The Hall–Kier alpha value is -3.63. The van der Waals surface area contributed by atoms with Gasteiger partial charge in [0.05, 0.1) is 29.9 Å². The van der Waals surface area contributed by atoms with E-state index in [0.29, 0.717) is 46.4 Å². The van der Waals surface area contributed by atoms with Gasteiger partial charge in [-0.3, -0.25) is 14.4 Å². The van der Waals surface area contributed by atoms with E-state index in [4.69, 9.17) is 33.7 Å². The lowest BCUT2D eigenvalue weighted by Crippen LogP contribution is -2.42. The van der Waals surface area contributed by atoms with Gasteiger partial charge < -0.3 is 30.7 Å². The highest BCUT2D eigenvalue weighted by Crippen LogP contribution is 2.42. The molecule has 3 aromatic rings. The van der Waals surface area contributed by atoms with Crippen molar-refractivity contribution in [3.8, 4) is 5.75 Å². The van der Waals surface area contributed by atoms with Crippen molar-refractivity contribution >= 4 is 52.3 Å². The summed E-state index contributed by atoms with van der Waals surface area (Å²) in [5.74, 6) is -0.964. The maximum absolute atomic E-state index is 14.3. The largest absolute Gasteiger partial charge is 0.496 e. The highest BCUT2D eigenvalue weighted by Gasteiger charge is 2.35. The van der Waals surface area contributed by atoms with Gasteiger partial charge in [-0.05, 0) is 86.8 Å². The number of nitrogens with one attached hydrogen (secondary N) is 1. The van der Waals surface area contributed by atoms with Crippen LogP contribution in [-0.2, 0) is 4.79 Å². The van der Waals surface area contributed by atoms with Gasteiger partial charge in [0.1, 0.15) is 5.75 Å². The SMILES string of the molecule is COc1cc(NC(=O)c2ccccc2Cl)ccc1C(=O)N1c2ccc(Cl)cc2C(CCN(C)CCO)CCC1CC(N)=O. The molecule has 228 valence electrons. The molecule has 0 saturated carbocycles. The van der Waals surface area contributed by atoms with Crippen LogP contribution in [0, 0.1) is 0 Å². The molecule has 1 aliphatic heterocycles. The third-order valence-corrected chi connectivity index (χ3v) is 8.27. The number of amides is 3. The van der Waals surface area contributed by atoms with E-state index in [-0.39, 0.29) is 36.2 Å². The predicted molar refractivity (Wildman–Crippen MR) is 169 cm³/mol. The quantitative estimate of drug-likeness (QED) is 0.264. The number of aliphatic hydroxyl groups excluding tert-OH is 1. The normalized spacial score (nSPS) is 16.4. The molecular formula is C32H36Cl2N4O5. The molecule has 1 heterocycles. The minimum Gasteiger partial charge on any atom is -0.496 e. The number of nitrogens with zero attached hydrogens (tertiary/aromatic N) is 2. The Morgan fingerprint density at radius 3 is 2.51 bits per heavy atom. The number of halogens is 2. The molecule has 2 atom stereocenters. The number of benzene rings is 3. The van der Waals surface area contributed by atoms with E-state index in [1.54, 1.807) is 53.4 Å². The Morgan fingerprint density at radius 2 is 1.81 bits per heavy atom. The summed E-state index contributed by atoms with van der Waals surface area (Å²) in [6, 6.07) is 16.4. The molecule has 4 N–H and O–H groups in total. The number of nitrogens with two attached hydrogens (primary N) is 1. The molecule has 0 spiro atoms. The van der Waals surface area contributed by atoms with E-state index >= 15 is 0 Å². The zero-order valence-electron chi connectivity index (χ0n) is 24.2. The average molecular weight is 628 g/mol. The number of anilines is 2. The third-order valence-electron chi connectivity index (χ3n) is 7.71. The average Bonchev–Trinajstić information content (AvgIpc) is 3.11. The number of carbonyl (C=O) groups is 3. The van der Waals surface area contributed by atoms with Crippen molar-refractivity contribution in [1.29, 1.82) is 0 Å². The first-order chi connectivity index (χ1) is 20.6. The molecule has 0 saturated heterocycles. The number of rotatable bonds is 11. The Bertz CT molecular complexity index is 1480. The second-order valence-electron chi connectivity index (χ2n) is 10.6. The van der Waals surface area contributed by atoms with E-state index in [1.807, 2.05) is 19.2 Å². The van der Waals surface area contributed by atoms with Gasteiger partial charge in [-0.2, -0.15) is 0 Å². The lowest BCUT2D eigenvalue weighted by molar-refractivity contribution is -0.118. The Morgan fingerprint density at radius 1 is 1.05 bits per heavy atom. The number of likely N-dealkylation sites (N-methyl/N-ethyl adjacent to an activating group) is 1. The molecule has 0 fully saturated rings. The summed E-state index contributed by atoms with van der Waals surface area (Å²) >= 11 is 12.6. The summed E-state index contributed by atoms with van der Waals surface area (Å²) < 4.78 is 5.61. The standard InChI is InChI=1S/C32H36Cl2N4O5/c1-37(15-16-39)14-13-20-7-10-23(19-30(35)40)38(28-12-8-21(33)17-26(20)28)32(42)25-11-9-22(18-29(25)43-2)36-31(41)24-5-3-4-6-27(24)34/h3-6,8-9,11-12,17-18,20,23,39H,7,10,13-16,19H2,1-2H3,(H2,35,40)(H,36,41). The van der Waals surface area contributed by atoms with Crippen LogP contribution in [0.1, 0.15) is 57.9 Å². The maximum atomic E-state index is 14.3. The van der Waals surface area contributed by atoms with Gasteiger partial charge in [-0.25, -0.2) is 0 Å². The van der Waals surface area contributed by atoms with Crippen LogP contribution in [0.2, 0.25) is 10.0 Å². The maximum Gasteiger partial charge on any atom is 0.262 e. The number of methoxy groups -OCH3 is 1. The van der Waals surface area contributed by atoms with Gasteiger partial charge in [0.25, 0.3) is 11.8 Å². The second kappa shape index (κ2) is 14.7. The zero-order chi connectivity index (χ0) is 31.1. The summed E-state index contributed by atoms with van der Waals surface area (Å²) in [6.07, 6.45) is 2.02. The molecule has 0 aliphatic carbocycles. The van der Waals surface area contributed by atoms with Gasteiger partial charge in [-0.15, -0.1) is 0 Å². The number of carbonyl (C=O) groups excluding carboxylic acids is 3. The lowest BCUT2D eigenvalue weighted by atomic mass is 9.90. The van der Waals surface area contributed by atoms with Gasteiger partial charge in [0.2, 0.25) is 5.91 Å². The fraction of sp³-hybridized carbons (Fsp3) is 0.344. The minimum atomic E-state index is -0.510. The molecule has 3 aromatic carbocycles. The van der Waals surface area contributed by atoms with E-state index in [0.717, 1.165) is 18.5 Å². The summed E-state index contributed by atoms with van der Waals surface area (Å²) in [4.78, 5) is 43.1. The molecule has 11 heteroatoms. The van der Waals surface area contributed by atoms with Crippen molar-refractivity contribution in [3.63, 3.8) is 0 Å². The smallest absolute Gasteiger partial charge is 0.262 e. The van der Waals surface area contributed by atoms with Crippen LogP contribution >= 0.6 is 23.2 Å². The fourth-order valence-electron chi connectivity index (χ4n) is 5.53. The first-order valence-corrected chi connectivity index (χ1v) is 14.8. The number of primary amides is 1. The zero-order valence-corrected chi connectivity index (χ0v) is 25.7. The molecule has 2 unspecified atom stereocenters. The van der Waals surface area contributed by atoms with Crippen LogP contribution in [0.25, 0.3) is 0 Å². The van der Waals surface area contributed by atoms with Crippen molar-refractivity contribution in [1.82, 2.24) is 4.90 Å². The molecular weight excluding hydrogens is 591 g/mol. The number of fused-ring (bicyclic) bond motifs is 1. The van der Waals surface area contributed by atoms with Crippen LogP contribution in [0.5, 0.6) is 5.75 Å². The van der Waals surface area contributed by atoms with Crippen molar-refractivity contribution in [3.05, 3.63) is 87.4 Å². The molecule has 0 bridgehead atoms. The molecule has 43 heavy (non-hydrogen) atoms. The van der Waals surface area contributed by atoms with E-state index in [1.165, 1.54) is 7.11 Å². The van der Waals surface area contributed by atoms with Crippen LogP contribution in [-0.4, -0.2) is 67.6 Å². The molecule has 9 nitrogen and oxygen atoms in total. The Labute approximate surface area is 261 Å². The van der Waals surface area contributed by atoms with Crippen molar-refractivity contribution in [2.75, 3.05) is 44.1 Å². The highest BCUT2D eigenvalue weighted by atomic mass is 35.5. The lowest BCUT2D eigenvalue weighted by Gasteiger charge is -2.31. The number of hydrogen-bond acceptors (Lipinski definition) is 6. The van der Waals surface area contributed by atoms with Crippen LogP contribution in [0.4, 0.5) is 11.4 Å². The highest BCUT2D eigenvalue weighted by molar-refractivity contribution is 6.34. The Balaban J connectivity index is 1.70. The minimum absolute atomic E-state index is 0.0146. The summed E-state index contributed by atoms with van der Waals surface area (Å²) in [7, 11) is 3.39. The van der Waals surface area contributed by atoms with Gasteiger partial charge >= 0.3 is 0 Å². The monoisotopic (exact) mass is 626 g/mol. The van der Waals surface area contributed by atoms with Gasteiger partial charge in [-0.1, -0.05) is 35.3 Å². The second-order valence-corrected chi connectivity index (χ2v) is 11.5. The van der Waals surface area contributed by atoms with E-state index < -0.39 is 17.9 Å². The summed E-state index contributed by atoms with van der Waals surface area (Å²) in [5, 5.41) is 13.0. The first-order valence-electron chi connectivity index (χ1n) is 14.1.